The summed E-state index contributed by atoms with van der Waals surface area (Å²) in [4.78, 5) is 19.9. The molecule has 0 rings (SSSR count). The van der Waals surface area contributed by atoms with Crippen molar-refractivity contribution in [2.45, 2.75) is 97.3 Å². The number of rotatable bonds is 13. The van der Waals surface area contributed by atoms with E-state index in [1.807, 2.05) is 0 Å². The van der Waals surface area contributed by atoms with Gasteiger partial charge in [0.15, 0.2) is 0 Å². The zero-order valence-corrected chi connectivity index (χ0v) is 18.1. The maximum atomic E-state index is 9.98. The van der Waals surface area contributed by atoms with Gasteiger partial charge in [-0.25, -0.2) is 0 Å². The topological polar surface area (TPSA) is 80.3 Å². The molecule has 0 atom stereocenters. The summed E-state index contributed by atoms with van der Waals surface area (Å²) in [6.45, 7) is 4.31. The molecule has 0 unspecified atom stereocenters. The third kappa shape index (κ3) is 39.3. The first-order chi connectivity index (χ1) is 10.0. The maximum Gasteiger partial charge on any atom is 2.00 e. The van der Waals surface area contributed by atoms with Crippen molar-refractivity contribution in [2.24, 2.45) is 0 Å². The van der Waals surface area contributed by atoms with Gasteiger partial charge in [-0.15, -0.1) is 0 Å². The zero-order chi connectivity index (χ0) is 16.3. The largest absolute Gasteiger partial charge is 2.00 e. The van der Waals surface area contributed by atoms with Gasteiger partial charge in [0.05, 0.1) is 0 Å². The van der Waals surface area contributed by atoms with Crippen LogP contribution in [-0.2, 0) is 9.59 Å². The van der Waals surface area contributed by atoms with E-state index in [1.54, 1.807) is 0 Å². The predicted molar refractivity (Wildman–Crippen MR) is 92.9 cm³/mol. The average molecular weight is 349 g/mol. The smallest absolute Gasteiger partial charge is 0.550 e. The van der Waals surface area contributed by atoms with Gasteiger partial charge in [0.1, 0.15) is 0 Å². The van der Waals surface area contributed by atoms with Crippen molar-refractivity contribution in [3.05, 3.63) is 0 Å². The molecule has 0 spiro atoms. The number of carboxylic acids is 2. The van der Waals surface area contributed by atoms with Gasteiger partial charge in [-0.3, -0.25) is 0 Å². The van der Waals surface area contributed by atoms with Crippen molar-refractivity contribution in [1.29, 1.82) is 0 Å². The van der Waals surface area contributed by atoms with Crippen molar-refractivity contribution in [2.75, 3.05) is 0 Å². The van der Waals surface area contributed by atoms with Crippen LogP contribution in [0.3, 0.4) is 0 Å². The van der Waals surface area contributed by atoms with Gasteiger partial charge in [-0.2, -0.15) is 0 Å². The summed E-state index contributed by atoms with van der Waals surface area (Å²) >= 11 is 0. The van der Waals surface area contributed by atoms with E-state index in [4.69, 9.17) is 0 Å². The molecule has 0 aromatic carbocycles. The standard InChI is InChI=1S/C9H18O2.C8H16O2.2Mg/c1-2-3-4-5-6-7-8-9(10)11;1-2-3-4-5-6-7-8(9)10;;/h2-8H2,1H3,(H,10,11);2-7H2,1H3,(H,9,10);;/q;;2*+2/p-2. The van der Waals surface area contributed by atoms with Gasteiger partial charge >= 0.3 is 46.1 Å². The summed E-state index contributed by atoms with van der Waals surface area (Å²) in [7, 11) is 0. The number of carbonyl (C=O) groups is 2. The van der Waals surface area contributed by atoms with E-state index in [9.17, 15) is 19.8 Å². The zero-order valence-electron chi connectivity index (χ0n) is 15.2. The molecular formula is C17H32Mg2O4+2. The minimum Gasteiger partial charge on any atom is -0.550 e. The molecule has 0 saturated carbocycles. The van der Waals surface area contributed by atoms with E-state index in [1.165, 1.54) is 38.5 Å². The summed E-state index contributed by atoms with van der Waals surface area (Å²) in [5, 5.41) is 19.9. The van der Waals surface area contributed by atoms with E-state index in [0.29, 0.717) is 0 Å². The Morgan fingerprint density at radius 1 is 0.565 bits per heavy atom. The molecule has 126 valence electrons. The minimum atomic E-state index is -0.920. The van der Waals surface area contributed by atoms with Crippen molar-refractivity contribution in [3.63, 3.8) is 0 Å². The molecule has 0 saturated heterocycles. The Morgan fingerprint density at radius 3 is 1.09 bits per heavy atom. The molecule has 0 N–H and O–H groups in total. The third-order valence-electron chi connectivity index (χ3n) is 3.22. The second kappa shape index (κ2) is 27.3. The number of unbranched alkanes of at least 4 members (excludes halogenated alkanes) is 9. The number of hydrogen-bond acceptors (Lipinski definition) is 4. The molecule has 0 radical (unpaired) electrons. The van der Waals surface area contributed by atoms with Crippen molar-refractivity contribution in [1.82, 2.24) is 0 Å². The van der Waals surface area contributed by atoms with Crippen molar-refractivity contribution in [3.8, 4) is 0 Å². The molecule has 0 amide bonds. The van der Waals surface area contributed by atoms with Crippen LogP contribution >= 0.6 is 0 Å². The van der Waals surface area contributed by atoms with Crippen LogP contribution in [0, 0.1) is 0 Å². The molecular weight excluding hydrogens is 317 g/mol. The second-order valence-corrected chi connectivity index (χ2v) is 5.43. The fourth-order valence-electron chi connectivity index (χ4n) is 1.92. The second-order valence-electron chi connectivity index (χ2n) is 5.43. The van der Waals surface area contributed by atoms with E-state index < -0.39 is 11.9 Å². The SMILES string of the molecule is CCCCCCCC(=O)[O-].CCCCCCCCC(=O)[O-].[Mg+2].[Mg+2]. The van der Waals surface area contributed by atoms with Gasteiger partial charge in [-0.05, 0) is 25.7 Å². The Balaban J connectivity index is -0.000000145. The first-order valence-electron chi connectivity index (χ1n) is 8.44. The Kier molecular flexibility index (Phi) is 37.1. The van der Waals surface area contributed by atoms with Gasteiger partial charge < -0.3 is 19.8 Å². The molecule has 0 aliphatic heterocycles. The van der Waals surface area contributed by atoms with Gasteiger partial charge in [0.25, 0.3) is 0 Å². The van der Waals surface area contributed by atoms with Gasteiger partial charge in [0.2, 0.25) is 0 Å². The van der Waals surface area contributed by atoms with Crippen LogP contribution in [0.4, 0.5) is 0 Å². The fraction of sp³-hybridized carbons (Fsp3) is 0.882. The summed E-state index contributed by atoms with van der Waals surface area (Å²) in [6, 6.07) is 0. The van der Waals surface area contributed by atoms with E-state index in [-0.39, 0.29) is 58.9 Å². The predicted octanol–water partition coefficient (Wildman–Crippen LogP) is 1.82. The number of hydrogen-bond donors (Lipinski definition) is 0. The summed E-state index contributed by atoms with van der Waals surface area (Å²) in [6.07, 6.45) is 12.6. The normalized spacial score (nSPS) is 8.96. The third-order valence-corrected chi connectivity index (χ3v) is 3.22. The molecule has 23 heavy (non-hydrogen) atoms. The molecule has 6 heteroatoms. The summed E-state index contributed by atoms with van der Waals surface area (Å²) < 4.78 is 0. The van der Waals surface area contributed by atoms with Crippen molar-refractivity contribution >= 4 is 58.0 Å². The maximum absolute atomic E-state index is 9.98. The number of carboxylic acid groups (broad SMARTS) is 2. The van der Waals surface area contributed by atoms with Crippen LogP contribution in [0.15, 0.2) is 0 Å². The van der Waals surface area contributed by atoms with Gasteiger partial charge in [0, 0.05) is 11.9 Å². The van der Waals surface area contributed by atoms with Gasteiger partial charge in [-0.1, -0.05) is 71.6 Å². The van der Waals surface area contributed by atoms with Crippen LogP contribution in [-0.4, -0.2) is 58.0 Å². The van der Waals surface area contributed by atoms with Crippen LogP contribution in [0.5, 0.6) is 0 Å². The Hall–Kier alpha value is 0.472. The molecule has 0 aromatic rings. The molecule has 4 nitrogen and oxygen atoms in total. The molecule has 0 fully saturated rings. The Morgan fingerprint density at radius 2 is 0.826 bits per heavy atom. The molecule has 0 aromatic heterocycles. The molecule has 0 bridgehead atoms. The minimum absolute atomic E-state index is 0. The Labute approximate surface area is 174 Å². The Bertz CT molecular complexity index is 249. The van der Waals surface area contributed by atoms with Crippen LogP contribution in [0.2, 0.25) is 0 Å². The molecule has 0 aliphatic carbocycles. The quantitative estimate of drug-likeness (QED) is 0.375. The number of aliphatic carboxylic acids is 2. The average Bonchev–Trinajstić information content (AvgIpc) is 2.42. The summed E-state index contributed by atoms with van der Waals surface area (Å²) in [5.74, 6) is -1.84. The first kappa shape index (κ1) is 31.3. The van der Waals surface area contributed by atoms with Crippen molar-refractivity contribution < 1.29 is 19.8 Å². The van der Waals surface area contributed by atoms with Crippen LogP contribution < -0.4 is 10.2 Å². The fourth-order valence-corrected chi connectivity index (χ4v) is 1.92. The number of carbonyl (C=O) groups excluding carboxylic acids is 2. The summed E-state index contributed by atoms with van der Waals surface area (Å²) in [5.41, 5.74) is 0. The monoisotopic (exact) mass is 348 g/mol. The van der Waals surface area contributed by atoms with Crippen LogP contribution in [0.25, 0.3) is 0 Å². The first-order valence-corrected chi connectivity index (χ1v) is 8.44. The van der Waals surface area contributed by atoms with E-state index in [2.05, 4.69) is 13.8 Å². The van der Waals surface area contributed by atoms with E-state index in [0.717, 1.165) is 32.1 Å². The van der Waals surface area contributed by atoms with E-state index >= 15 is 0 Å². The molecule has 0 aliphatic rings. The van der Waals surface area contributed by atoms with Crippen LogP contribution in [0.1, 0.15) is 97.3 Å². The molecule has 0 heterocycles.